The maximum atomic E-state index is 12.1. The van der Waals surface area contributed by atoms with Crippen LogP contribution in [0.2, 0.25) is 0 Å². The van der Waals surface area contributed by atoms with Gasteiger partial charge in [0.2, 0.25) is 5.91 Å². The Morgan fingerprint density at radius 3 is 2.35 bits per heavy atom. The van der Waals surface area contributed by atoms with Gasteiger partial charge in [-0.3, -0.25) is 4.79 Å². The summed E-state index contributed by atoms with van der Waals surface area (Å²) < 4.78 is 0. The van der Waals surface area contributed by atoms with E-state index in [9.17, 15) is 4.79 Å². The predicted octanol–water partition coefficient (Wildman–Crippen LogP) is 2.06. The van der Waals surface area contributed by atoms with E-state index in [4.69, 9.17) is 5.73 Å². The highest BCUT2D eigenvalue weighted by atomic mass is 16.1. The van der Waals surface area contributed by atoms with Crippen molar-refractivity contribution in [1.29, 1.82) is 0 Å². The molecule has 1 unspecified atom stereocenters. The molecule has 17 heavy (non-hydrogen) atoms. The van der Waals surface area contributed by atoms with E-state index in [0.717, 1.165) is 18.8 Å². The van der Waals surface area contributed by atoms with E-state index in [2.05, 4.69) is 12.2 Å². The van der Waals surface area contributed by atoms with Crippen LogP contribution in [0.5, 0.6) is 0 Å². The second-order valence-electron chi connectivity index (χ2n) is 5.81. The summed E-state index contributed by atoms with van der Waals surface area (Å²) >= 11 is 0. The lowest BCUT2D eigenvalue weighted by molar-refractivity contribution is -0.127. The van der Waals surface area contributed by atoms with Crippen molar-refractivity contribution in [2.24, 2.45) is 23.5 Å². The van der Waals surface area contributed by atoms with E-state index in [1.807, 2.05) is 0 Å². The van der Waals surface area contributed by atoms with Crippen LogP contribution >= 0.6 is 0 Å². The number of nitrogens with two attached hydrogens (primary N) is 1. The number of rotatable bonds is 5. The molecule has 3 N–H and O–H groups in total. The van der Waals surface area contributed by atoms with Crippen molar-refractivity contribution in [1.82, 2.24) is 5.32 Å². The third-order valence-electron chi connectivity index (χ3n) is 4.57. The molecule has 0 radical (unpaired) electrons. The van der Waals surface area contributed by atoms with Crippen LogP contribution in [0.3, 0.4) is 0 Å². The van der Waals surface area contributed by atoms with E-state index in [0.29, 0.717) is 12.5 Å². The number of hydrogen-bond donors (Lipinski definition) is 2. The molecular formula is C14H26N2O. The largest absolute Gasteiger partial charge is 0.352 e. The fourth-order valence-electron chi connectivity index (χ4n) is 3.00. The first-order valence-electron chi connectivity index (χ1n) is 7.25. The van der Waals surface area contributed by atoms with Gasteiger partial charge in [0.1, 0.15) is 0 Å². The quantitative estimate of drug-likeness (QED) is 0.770. The lowest BCUT2D eigenvalue weighted by Crippen LogP contribution is -2.45. The molecule has 3 nitrogen and oxygen atoms in total. The maximum absolute atomic E-state index is 12.1. The third kappa shape index (κ3) is 3.44. The fraction of sp³-hybridized carbons (Fsp3) is 0.929. The minimum atomic E-state index is 0.242. The standard InChI is InChI=1S/C14H26N2O/c1-2-10-3-5-12(6-4-10)14(17)16-13(9-15)11-7-8-11/h10-13H,2-9,15H2,1H3,(H,16,17). The first kappa shape index (κ1) is 12.9. The van der Waals surface area contributed by atoms with Crippen molar-refractivity contribution in [2.75, 3.05) is 6.54 Å². The van der Waals surface area contributed by atoms with Crippen LogP contribution in [-0.2, 0) is 4.79 Å². The zero-order chi connectivity index (χ0) is 12.3. The maximum Gasteiger partial charge on any atom is 0.223 e. The van der Waals surface area contributed by atoms with Crippen molar-refractivity contribution in [3.63, 3.8) is 0 Å². The smallest absolute Gasteiger partial charge is 0.223 e. The predicted molar refractivity (Wildman–Crippen MR) is 69.4 cm³/mol. The molecule has 98 valence electrons. The lowest BCUT2D eigenvalue weighted by Gasteiger charge is -2.28. The molecular weight excluding hydrogens is 212 g/mol. The summed E-state index contributed by atoms with van der Waals surface area (Å²) in [5.74, 6) is 2.04. The molecule has 0 aromatic carbocycles. The van der Waals surface area contributed by atoms with E-state index in [-0.39, 0.29) is 17.9 Å². The summed E-state index contributed by atoms with van der Waals surface area (Å²) in [7, 11) is 0. The van der Waals surface area contributed by atoms with Gasteiger partial charge in [0.15, 0.2) is 0 Å². The second kappa shape index (κ2) is 5.85. The Morgan fingerprint density at radius 1 is 1.24 bits per heavy atom. The van der Waals surface area contributed by atoms with Crippen molar-refractivity contribution < 1.29 is 4.79 Å². The molecule has 0 bridgehead atoms. The van der Waals surface area contributed by atoms with Gasteiger partial charge in [0, 0.05) is 18.5 Å². The summed E-state index contributed by atoms with van der Waals surface area (Å²) in [6.07, 6.45) is 8.35. The molecule has 0 aliphatic heterocycles. The van der Waals surface area contributed by atoms with Gasteiger partial charge < -0.3 is 11.1 Å². The normalized spacial score (nSPS) is 30.9. The second-order valence-corrected chi connectivity index (χ2v) is 5.81. The van der Waals surface area contributed by atoms with Crippen molar-refractivity contribution >= 4 is 5.91 Å². The number of carbonyl (C=O) groups is 1. The first-order valence-corrected chi connectivity index (χ1v) is 7.25. The minimum absolute atomic E-state index is 0.242. The number of amides is 1. The molecule has 0 saturated heterocycles. The van der Waals surface area contributed by atoms with Gasteiger partial charge in [0.05, 0.1) is 0 Å². The Morgan fingerprint density at radius 2 is 1.88 bits per heavy atom. The van der Waals surface area contributed by atoms with Gasteiger partial charge in [-0.05, 0) is 50.4 Å². The highest BCUT2D eigenvalue weighted by Crippen LogP contribution is 2.34. The van der Waals surface area contributed by atoms with Crippen LogP contribution in [0.4, 0.5) is 0 Å². The lowest BCUT2D eigenvalue weighted by atomic mass is 9.80. The Hall–Kier alpha value is -0.570. The number of hydrogen-bond acceptors (Lipinski definition) is 2. The van der Waals surface area contributed by atoms with Gasteiger partial charge in [-0.1, -0.05) is 13.3 Å². The van der Waals surface area contributed by atoms with Gasteiger partial charge in [0.25, 0.3) is 0 Å². The van der Waals surface area contributed by atoms with Gasteiger partial charge in [-0.15, -0.1) is 0 Å². The summed E-state index contributed by atoms with van der Waals surface area (Å²) in [6, 6.07) is 0.242. The van der Waals surface area contributed by atoms with Crippen LogP contribution in [-0.4, -0.2) is 18.5 Å². The Bertz CT molecular complexity index is 255. The molecule has 0 spiro atoms. The number of nitrogens with one attached hydrogen (secondary N) is 1. The average molecular weight is 238 g/mol. The fourth-order valence-corrected chi connectivity index (χ4v) is 3.00. The van der Waals surface area contributed by atoms with Crippen LogP contribution in [0.25, 0.3) is 0 Å². The number of carbonyl (C=O) groups excluding carboxylic acids is 1. The molecule has 1 atom stereocenters. The first-order chi connectivity index (χ1) is 8.24. The monoisotopic (exact) mass is 238 g/mol. The van der Waals surface area contributed by atoms with Crippen LogP contribution < -0.4 is 11.1 Å². The van der Waals surface area contributed by atoms with Crippen LogP contribution in [0, 0.1) is 17.8 Å². The van der Waals surface area contributed by atoms with Gasteiger partial charge in [-0.2, -0.15) is 0 Å². The molecule has 2 saturated carbocycles. The van der Waals surface area contributed by atoms with Crippen LogP contribution in [0.15, 0.2) is 0 Å². The van der Waals surface area contributed by atoms with Crippen LogP contribution in [0.1, 0.15) is 51.9 Å². The topological polar surface area (TPSA) is 55.1 Å². The zero-order valence-electron chi connectivity index (χ0n) is 11.0. The van der Waals surface area contributed by atoms with Crippen molar-refractivity contribution in [3.8, 4) is 0 Å². The van der Waals surface area contributed by atoms with E-state index in [1.165, 1.54) is 32.1 Å². The average Bonchev–Trinajstić information content (AvgIpc) is 3.20. The van der Waals surface area contributed by atoms with Crippen molar-refractivity contribution in [2.45, 2.75) is 57.9 Å². The molecule has 0 aromatic heterocycles. The van der Waals surface area contributed by atoms with E-state index in [1.54, 1.807) is 0 Å². The Balaban J connectivity index is 1.76. The van der Waals surface area contributed by atoms with Crippen molar-refractivity contribution in [3.05, 3.63) is 0 Å². The highest BCUT2D eigenvalue weighted by Gasteiger charge is 2.33. The molecule has 2 fully saturated rings. The van der Waals surface area contributed by atoms with Gasteiger partial charge in [-0.25, -0.2) is 0 Å². The molecule has 0 aromatic rings. The summed E-state index contributed by atoms with van der Waals surface area (Å²) in [4.78, 5) is 12.1. The molecule has 2 aliphatic carbocycles. The molecule has 0 heterocycles. The summed E-state index contributed by atoms with van der Waals surface area (Å²) in [6.45, 7) is 2.85. The Labute approximate surface area is 105 Å². The highest BCUT2D eigenvalue weighted by molar-refractivity contribution is 5.79. The summed E-state index contributed by atoms with van der Waals surface area (Å²) in [5, 5.41) is 3.17. The molecule has 1 amide bonds. The minimum Gasteiger partial charge on any atom is -0.352 e. The van der Waals surface area contributed by atoms with E-state index < -0.39 is 0 Å². The molecule has 2 aliphatic rings. The van der Waals surface area contributed by atoms with E-state index >= 15 is 0 Å². The zero-order valence-corrected chi connectivity index (χ0v) is 11.0. The van der Waals surface area contributed by atoms with Gasteiger partial charge >= 0.3 is 0 Å². The molecule has 2 rings (SSSR count). The molecule has 3 heteroatoms. The third-order valence-corrected chi connectivity index (χ3v) is 4.57. The summed E-state index contributed by atoms with van der Waals surface area (Å²) in [5.41, 5.74) is 5.72. The Kier molecular flexibility index (Phi) is 4.43. The SMILES string of the molecule is CCC1CCC(C(=O)NC(CN)C2CC2)CC1.